The topological polar surface area (TPSA) is 26.3 Å². The fraction of sp³-hybridized carbons (Fsp3) is 0.462. The number of rotatable bonds is 3. The monoisotopic (exact) mass is 204 g/mol. The van der Waals surface area contributed by atoms with E-state index < -0.39 is 0 Å². The van der Waals surface area contributed by atoms with Crippen molar-refractivity contribution in [2.75, 3.05) is 6.61 Å². The SMILES string of the molecule is CCOC(=O)[C@H]1C[C@@]1(C)c1ccccc1. The molecule has 2 atom stereocenters. The second kappa shape index (κ2) is 3.69. The average molecular weight is 204 g/mol. The van der Waals surface area contributed by atoms with Crippen molar-refractivity contribution >= 4 is 5.97 Å². The molecule has 1 saturated carbocycles. The normalized spacial score (nSPS) is 28.5. The summed E-state index contributed by atoms with van der Waals surface area (Å²) >= 11 is 0. The Bertz CT molecular complexity index is 358. The van der Waals surface area contributed by atoms with E-state index in [0.717, 1.165) is 6.42 Å². The molecule has 0 amide bonds. The molecule has 0 aliphatic heterocycles. The molecular weight excluding hydrogens is 188 g/mol. The third kappa shape index (κ3) is 1.76. The van der Waals surface area contributed by atoms with E-state index in [1.54, 1.807) is 0 Å². The Morgan fingerprint density at radius 1 is 1.47 bits per heavy atom. The smallest absolute Gasteiger partial charge is 0.309 e. The van der Waals surface area contributed by atoms with Gasteiger partial charge in [0.05, 0.1) is 12.5 Å². The maximum Gasteiger partial charge on any atom is 0.309 e. The lowest BCUT2D eigenvalue weighted by molar-refractivity contribution is -0.145. The standard InChI is InChI=1S/C13H16O2/c1-3-15-12(14)11-9-13(11,2)10-7-5-4-6-8-10/h4-8,11H,3,9H2,1-2H3/t11-,13+/m1/s1. The van der Waals surface area contributed by atoms with Crippen LogP contribution in [0, 0.1) is 5.92 Å². The first-order valence-corrected chi connectivity index (χ1v) is 5.40. The molecular formula is C13H16O2. The molecule has 2 heteroatoms. The zero-order valence-electron chi connectivity index (χ0n) is 9.19. The summed E-state index contributed by atoms with van der Waals surface area (Å²) < 4.78 is 5.04. The van der Waals surface area contributed by atoms with Crippen LogP contribution in [0.3, 0.4) is 0 Å². The van der Waals surface area contributed by atoms with Gasteiger partial charge in [-0.15, -0.1) is 0 Å². The van der Waals surface area contributed by atoms with Crippen LogP contribution in [0.25, 0.3) is 0 Å². The predicted molar refractivity (Wildman–Crippen MR) is 58.5 cm³/mol. The number of benzene rings is 1. The van der Waals surface area contributed by atoms with Crippen molar-refractivity contribution in [1.82, 2.24) is 0 Å². The maximum absolute atomic E-state index is 11.6. The first-order valence-electron chi connectivity index (χ1n) is 5.40. The van der Waals surface area contributed by atoms with E-state index in [1.807, 2.05) is 25.1 Å². The number of ether oxygens (including phenoxy) is 1. The fourth-order valence-corrected chi connectivity index (χ4v) is 2.09. The molecule has 1 aliphatic rings. The maximum atomic E-state index is 11.6. The zero-order valence-corrected chi connectivity index (χ0v) is 9.19. The predicted octanol–water partition coefficient (Wildman–Crippen LogP) is 2.53. The summed E-state index contributed by atoms with van der Waals surface area (Å²) in [5.74, 6) is 0.00343. The lowest BCUT2D eigenvalue weighted by atomic mass is 9.96. The summed E-state index contributed by atoms with van der Waals surface area (Å²) in [5.41, 5.74) is 1.25. The van der Waals surface area contributed by atoms with Gasteiger partial charge in [-0.1, -0.05) is 37.3 Å². The van der Waals surface area contributed by atoms with Gasteiger partial charge in [0.25, 0.3) is 0 Å². The Morgan fingerprint density at radius 2 is 2.13 bits per heavy atom. The van der Waals surface area contributed by atoms with Crippen LogP contribution in [0.5, 0.6) is 0 Å². The van der Waals surface area contributed by atoms with Crippen LogP contribution in [0.1, 0.15) is 25.8 Å². The van der Waals surface area contributed by atoms with Crippen LogP contribution < -0.4 is 0 Å². The molecule has 0 saturated heterocycles. The van der Waals surface area contributed by atoms with Gasteiger partial charge in [0.2, 0.25) is 0 Å². The quantitative estimate of drug-likeness (QED) is 0.707. The van der Waals surface area contributed by atoms with Gasteiger partial charge in [0.15, 0.2) is 0 Å². The minimum absolute atomic E-state index is 0.00745. The van der Waals surface area contributed by atoms with Crippen molar-refractivity contribution in [2.24, 2.45) is 5.92 Å². The number of hydrogen-bond acceptors (Lipinski definition) is 2. The summed E-state index contributed by atoms with van der Waals surface area (Å²) in [6.45, 7) is 4.45. The molecule has 0 N–H and O–H groups in total. The Labute approximate surface area is 90.3 Å². The summed E-state index contributed by atoms with van der Waals surface area (Å²) in [6, 6.07) is 10.2. The van der Waals surface area contributed by atoms with Crippen LogP contribution >= 0.6 is 0 Å². The van der Waals surface area contributed by atoms with Crippen molar-refractivity contribution < 1.29 is 9.53 Å². The van der Waals surface area contributed by atoms with Crippen LogP contribution in [-0.2, 0) is 14.9 Å². The summed E-state index contributed by atoms with van der Waals surface area (Å²) in [6.07, 6.45) is 0.913. The van der Waals surface area contributed by atoms with Gasteiger partial charge in [0, 0.05) is 5.41 Å². The molecule has 1 aliphatic carbocycles. The van der Waals surface area contributed by atoms with Crippen LogP contribution in [0.4, 0.5) is 0 Å². The molecule has 0 heterocycles. The Kier molecular flexibility index (Phi) is 2.51. The molecule has 0 aromatic heterocycles. The number of carbonyl (C=O) groups excluding carboxylic acids is 1. The first kappa shape index (κ1) is 10.2. The lowest BCUT2D eigenvalue weighted by Gasteiger charge is -2.10. The molecule has 2 nitrogen and oxygen atoms in total. The van der Waals surface area contributed by atoms with E-state index in [4.69, 9.17) is 4.74 Å². The third-order valence-electron chi connectivity index (χ3n) is 3.24. The van der Waals surface area contributed by atoms with Gasteiger partial charge in [-0.25, -0.2) is 0 Å². The largest absolute Gasteiger partial charge is 0.466 e. The molecule has 1 aromatic rings. The molecule has 1 aromatic carbocycles. The number of carbonyl (C=O) groups is 1. The number of esters is 1. The van der Waals surface area contributed by atoms with Gasteiger partial charge in [-0.05, 0) is 18.9 Å². The highest BCUT2D eigenvalue weighted by Gasteiger charge is 2.56. The van der Waals surface area contributed by atoms with E-state index in [1.165, 1.54) is 5.56 Å². The van der Waals surface area contributed by atoms with Crippen molar-refractivity contribution in [3.63, 3.8) is 0 Å². The molecule has 2 rings (SSSR count). The molecule has 0 radical (unpaired) electrons. The first-order chi connectivity index (χ1) is 7.18. The molecule has 0 unspecified atom stereocenters. The minimum atomic E-state index is -0.0520. The van der Waals surface area contributed by atoms with Gasteiger partial charge in [-0.3, -0.25) is 4.79 Å². The Hall–Kier alpha value is -1.31. The minimum Gasteiger partial charge on any atom is -0.466 e. The summed E-state index contributed by atoms with van der Waals surface area (Å²) in [5, 5.41) is 0. The summed E-state index contributed by atoms with van der Waals surface area (Å²) in [4.78, 5) is 11.6. The third-order valence-corrected chi connectivity index (χ3v) is 3.24. The average Bonchev–Trinajstić information content (AvgIpc) is 2.94. The molecule has 80 valence electrons. The molecule has 1 fully saturated rings. The molecule has 0 bridgehead atoms. The van der Waals surface area contributed by atoms with E-state index in [2.05, 4.69) is 19.1 Å². The highest BCUT2D eigenvalue weighted by Crippen LogP contribution is 2.54. The van der Waals surface area contributed by atoms with E-state index in [9.17, 15) is 4.79 Å². The number of hydrogen-bond donors (Lipinski definition) is 0. The highest BCUT2D eigenvalue weighted by molar-refractivity contribution is 5.79. The van der Waals surface area contributed by atoms with Gasteiger partial charge >= 0.3 is 5.97 Å². The molecule has 15 heavy (non-hydrogen) atoms. The second-order valence-electron chi connectivity index (χ2n) is 4.29. The van der Waals surface area contributed by atoms with Gasteiger partial charge in [0.1, 0.15) is 0 Å². The fourth-order valence-electron chi connectivity index (χ4n) is 2.09. The van der Waals surface area contributed by atoms with Crippen molar-refractivity contribution in [2.45, 2.75) is 25.7 Å². The van der Waals surface area contributed by atoms with Crippen molar-refractivity contribution in [3.8, 4) is 0 Å². The van der Waals surface area contributed by atoms with Crippen LogP contribution in [0.2, 0.25) is 0 Å². The van der Waals surface area contributed by atoms with E-state index in [-0.39, 0.29) is 17.3 Å². The van der Waals surface area contributed by atoms with Gasteiger partial charge < -0.3 is 4.74 Å². The van der Waals surface area contributed by atoms with Gasteiger partial charge in [-0.2, -0.15) is 0 Å². The second-order valence-corrected chi connectivity index (χ2v) is 4.29. The zero-order chi connectivity index (χ0) is 10.9. The lowest BCUT2D eigenvalue weighted by Crippen LogP contribution is -2.14. The summed E-state index contributed by atoms with van der Waals surface area (Å²) in [7, 11) is 0. The van der Waals surface area contributed by atoms with E-state index >= 15 is 0 Å². The van der Waals surface area contributed by atoms with Crippen molar-refractivity contribution in [3.05, 3.63) is 35.9 Å². The molecule has 0 spiro atoms. The Balaban J connectivity index is 2.10. The van der Waals surface area contributed by atoms with Crippen molar-refractivity contribution in [1.29, 1.82) is 0 Å². The van der Waals surface area contributed by atoms with Crippen LogP contribution in [0.15, 0.2) is 30.3 Å². The highest BCUT2D eigenvalue weighted by atomic mass is 16.5. The van der Waals surface area contributed by atoms with Crippen LogP contribution in [-0.4, -0.2) is 12.6 Å². The van der Waals surface area contributed by atoms with E-state index in [0.29, 0.717) is 6.61 Å². The Morgan fingerprint density at radius 3 is 2.73 bits per heavy atom.